The minimum atomic E-state index is -0.801. The van der Waals surface area contributed by atoms with Crippen molar-refractivity contribution in [2.75, 3.05) is 13.7 Å². The lowest BCUT2D eigenvalue weighted by molar-refractivity contribution is -0.139. The number of halogens is 1. The average Bonchev–Trinajstić information content (AvgIpc) is 3.52. The van der Waals surface area contributed by atoms with Gasteiger partial charge in [0.1, 0.15) is 17.3 Å². The van der Waals surface area contributed by atoms with E-state index in [9.17, 15) is 19.1 Å². The molecule has 1 fully saturated rings. The lowest BCUT2D eigenvalue weighted by atomic mass is 9.99. The summed E-state index contributed by atoms with van der Waals surface area (Å²) in [5, 5.41) is 12.9. The molecule has 1 aromatic carbocycles. The first kappa shape index (κ1) is 20.8. The van der Waals surface area contributed by atoms with Crippen molar-refractivity contribution in [3.63, 3.8) is 0 Å². The van der Waals surface area contributed by atoms with E-state index in [1.807, 2.05) is 22.2 Å². The molecule has 0 saturated carbocycles. The predicted octanol–water partition coefficient (Wildman–Crippen LogP) is 3.60. The summed E-state index contributed by atoms with van der Waals surface area (Å²) in [5.41, 5.74) is -0.0422. The molecule has 1 N–H and O–H groups in total. The van der Waals surface area contributed by atoms with Gasteiger partial charge in [-0.05, 0) is 36.1 Å². The number of aromatic nitrogens is 2. The number of thiophene rings is 1. The maximum Gasteiger partial charge on any atom is 0.295 e. The van der Waals surface area contributed by atoms with E-state index in [0.717, 1.165) is 10.9 Å². The van der Waals surface area contributed by atoms with Crippen LogP contribution >= 0.6 is 11.3 Å². The topological polar surface area (TPSA) is 84.7 Å². The smallest absolute Gasteiger partial charge is 0.295 e. The summed E-state index contributed by atoms with van der Waals surface area (Å²) in [6.07, 6.45) is 5.76. The van der Waals surface area contributed by atoms with Crippen LogP contribution in [0.3, 0.4) is 0 Å². The summed E-state index contributed by atoms with van der Waals surface area (Å²) < 4.78 is 21.0. The van der Waals surface area contributed by atoms with Crippen LogP contribution in [0, 0.1) is 5.82 Å². The number of benzene rings is 1. The standard InChI is InChI=1S/C22H20FN3O4S/c1-30-16-6-5-14(23)12-15(16)20(27)18-19(17-4-2-11-31-17)26(22(29)21(18)28)9-3-8-25-10-7-24-13-25/h2,4-7,10-13,19,27H,3,8-9H2,1H3/t19-/m1/s1. The molecule has 1 amide bonds. The predicted molar refractivity (Wildman–Crippen MR) is 113 cm³/mol. The zero-order valence-electron chi connectivity index (χ0n) is 16.7. The Kier molecular flexibility index (Phi) is 5.85. The molecule has 9 heteroatoms. The van der Waals surface area contributed by atoms with Crippen LogP contribution in [0.4, 0.5) is 4.39 Å². The summed E-state index contributed by atoms with van der Waals surface area (Å²) >= 11 is 1.38. The number of carbonyl (C=O) groups is 2. The van der Waals surface area contributed by atoms with Crippen molar-refractivity contribution < 1.29 is 23.8 Å². The van der Waals surface area contributed by atoms with Crippen molar-refractivity contribution in [3.8, 4) is 5.75 Å². The van der Waals surface area contributed by atoms with Crippen LogP contribution in [0.5, 0.6) is 5.75 Å². The lowest BCUT2D eigenvalue weighted by Gasteiger charge is -2.24. The summed E-state index contributed by atoms with van der Waals surface area (Å²) in [6.45, 7) is 0.931. The van der Waals surface area contributed by atoms with Gasteiger partial charge in [-0.1, -0.05) is 6.07 Å². The fourth-order valence-corrected chi connectivity index (χ4v) is 4.55. The number of nitrogens with zero attached hydrogens (tertiary/aromatic N) is 3. The molecule has 3 heterocycles. The molecule has 0 radical (unpaired) electrons. The Morgan fingerprint density at radius 1 is 1.29 bits per heavy atom. The van der Waals surface area contributed by atoms with E-state index in [2.05, 4.69) is 4.98 Å². The summed E-state index contributed by atoms with van der Waals surface area (Å²) in [6, 6.07) is 6.52. The molecular formula is C22H20FN3O4S. The molecule has 0 aliphatic carbocycles. The van der Waals surface area contributed by atoms with E-state index in [4.69, 9.17) is 4.74 Å². The Hall–Kier alpha value is -3.46. The van der Waals surface area contributed by atoms with Gasteiger partial charge in [0, 0.05) is 30.4 Å². The molecule has 7 nitrogen and oxygen atoms in total. The fourth-order valence-electron chi connectivity index (χ4n) is 3.71. The maximum absolute atomic E-state index is 13.9. The largest absolute Gasteiger partial charge is 0.507 e. The highest BCUT2D eigenvalue weighted by molar-refractivity contribution is 7.10. The molecule has 3 aromatic rings. The molecule has 1 atom stereocenters. The molecule has 0 spiro atoms. The van der Waals surface area contributed by atoms with Gasteiger partial charge in [0.05, 0.1) is 30.6 Å². The molecule has 2 aromatic heterocycles. The molecule has 1 aliphatic rings. The third-order valence-corrected chi connectivity index (χ3v) is 6.07. The first-order chi connectivity index (χ1) is 15.0. The van der Waals surface area contributed by atoms with Crippen LogP contribution in [0.1, 0.15) is 22.9 Å². The second kappa shape index (κ2) is 8.73. The number of likely N-dealkylation sites (tertiary alicyclic amines) is 1. The number of aliphatic hydroxyl groups is 1. The molecule has 1 aliphatic heterocycles. The van der Waals surface area contributed by atoms with Gasteiger partial charge in [-0.3, -0.25) is 9.59 Å². The van der Waals surface area contributed by atoms with Crippen molar-refractivity contribution in [2.45, 2.75) is 19.0 Å². The molecule has 1 saturated heterocycles. The number of hydrogen-bond acceptors (Lipinski definition) is 6. The van der Waals surface area contributed by atoms with Gasteiger partial charge in [-0.15, -0.1) is 11.3 Å². The number of aliphatic hydroxyl groups excluding tert-OH is 1. The number of ether oxygens (including phenoxy) is 1. The highest BCUT2D eigenvalue weighted by atomic mass is 32.1. The zero-order chi connectivity index (χ0) is 22.0. The normalized spacial score (nSPS) is 18.0. The number of aryl methyl sites for hydroxylation is 1. The fraction of sp³-hybridized carbons (Fsp3) is 0.227. The molecule has 4 rings (SSSR count). The number of ketones is 1. The van der Waals surface area contributed by atoms with Crippen molar-refractivity contribution in [1.29, 1.82) is 0 Å². The number of amides is 1. The van der Waals surface area contributed by atoms with E-state index >= 15 is 0 Å². The number of rotatable bonds is 7. The van der Waals surface area contributed by atoms with Crippen LogP contribution in [0.2, 0.25) is 0 Å². The number of hydrogen-bond donors (Lipinski definition) is 1. The van der Waals surface area contributed by atoms with Gasteiger partial charge in [0.25, 0.3) is 11.7 Å². The van der Waals surface area contributed by atoms with E-state index in [1.54, 1.807) is 18.6 Å². The maximum atomic E-state index is 13.9. The second-order valence-electron chi connectivity index (χ2n) is 7.01. The number of imidazole rings is 1. The third-order valence-electron chi connectivity index (χ3n) is 5.14. The number of methoxy groups -OCH3 is 1. The van der Waals surface area contributed by atoms with Crippen LogP contribution < -0.4 is 4.74 Å². The van der Waals surface area contributed by atoms with E-state index in [1.165, 1.54) is 35.5 Å². The van der Waals surface area contributed by atoms with Gasteiger partial charge >= 0.3 is 0 Å². The van der Waals surface area contributed by atoms with Crippen molar-refractivity contribution in [1.82, 2.24) is 14.5 Å². The van der Waals surface area contributed by atoms with Gasteiger partial charge in [0.15, 0.2) is 0 Å². The molecular weight excluding hydrogens is 421 g/mol. The van der Waals surface area contributed by atoms with Crippen molar-refractivity contribution >= 4 is 28.8 Å². The average molecular weight is 441 g/mol. The van der Waals surface area contributed by atoms with Gasteiger partial charge in [0.2, 0.25) is 0 Å². The van der Waals surface area contributed by atoms with Gasteiger partial charge in [-0.25, -0.2) is 9.37 Å². The Labute approximate surface area is 182 Å². The first-order valence-electron chi connectivity index (χ1n) is 9.62. The number of carbonyl (C=O) groups excluding carboxylic acids is 2. The van der Waals surface area contributed by atoms with Crippen LogP contribution in [0.25, 0.3) is 5.76 Å². The van der Waals surface area contributed by atoms with Gasteiger partial charge < -0.3 is 19.3 Å². The van der Waals surface area contributed by atoms with Crippen LogP contribution in [-0.2, 0) is 16.1 Å². The minimum Gasteiger partial charge on any atom is -0.507 e. The summed E-state index contributed by atoms with van der Waals surface area (Å²) in [5.74, 6) is -2.34. The van der Waals surface area contributed by atoms with E-state index in [-0.39, 0.29) is 16.9 Å². The molecule has 0 bridgehead atoms. The Bertz CT molecular complexity index is 1130. The summed E-state index contributed by atoms with van der Waals surface area (Å²) in [4.78, 5) is 32.0. The Morgan fingerprint density at radius 2 is 2.13 bits per heavy atom. The van der Waals surface area contributed by atoms with Crippen molar-refractivity contribution in [3.05, 3.63) is 76.3 Å². The third kappa shape index (κ3) is 3.96. The Balaban J connectivity index is 1.74. The SMILES string of the molecule is COc1ccc(F)cc1C(O)=C1C(=O)C(=O)N(CCCn2ccnc2)[C@@H]1c1cccs1. The first-order valence-corrected chi connectivity index (χ1v) is 10.5. The van der Waals surface area contributed by atoms with Crippen LogP contribution in [-0.4, -0.2) is 44.9 Å². The van der Waals surface area contributed by atoms with E-state index in [0.29, 0.717) is 19.5 Å². The number of Topliss-reactive ketones (excluding diaryl/α,β-unsaturated/α-hetero) is 1. The quantitative estimate of drug-likeness (QED) is 0.344. The van der Waals surface area contributed by atoms with Crippen LogP contribution in [0.15, 0.2) is 60.0 Å². The molecule has 0 unspecified atom stereocenters. The molecule has 160 valence electrons. The highest BCUT2D eigenvalue weighted by Gasteiger charge is 2.46. The van der Waals surface area contributed by atoms with Gasteiger partial charge in [-0.2, -0.15) is 0 Å². The monoisotopic (exact) mass is 441 g/mol. The zero-order valence-corrected chi connectivity index (χ0v) is 17.5. The van der Waals surface area contributed by atoms with Crippen molar-refractivity contribution in [2.24, 2.45) is 0 Å². The Morgan fingerprint density at radius 3 is 2.81 bits per heavy atom. The highest BCUT2D eigenvalue weighted by Crippen LogP contribution is 2.42. The lowest BCUT2D eigenvalue weighted by Crippen LogP contribution is -2.31. The minimum absolute atomic E-state index is 0.0282. The second-order valence-corrected chi connectivity index (χ2v) is 7.99. The molecule has 31 heavy (non-hydrogen) atoms. The van der Waals surface area contributed by atoms with E-state index < -0.39 is 29.3 Å². The summed E-state index contributed by atoms with van der Waals surface area (Å²) in [7, 11) is 1.38.